The van der Waals surface area contributed by atoms with Gasteiger partial charge in [-0.3, -0.25) is 9.78 Å². The van der Waals surface area contributed by atoms with Gasteiger partial charge in [0, 0.05) is 12.3 Å². The van der Waals surface area contributed by atoms with Crippen molar-refractivity contribution in [2.45, 2.75) is 6.61 Å². The van der Waals surface area contributed by atoms with Crippen LogP contribution in [0.25, 0.3) is 22.3 Å². The third kappa shape index (κ3) is 3.39. The molecule has 0 N–H and O–H groups in total. The van der Waals surface area contributed by atoms with Crippen molar-refractivity contribution in [2.75, 3.05) is 14.2 Å². The molecule has 152 valence electrons. The van der Waals surface area contributed by atoms with Crippen molar-refractivity contribution in [1.29, 1.82) is 0 Å². The molecule has 0 fully saturated rings. The third-order valence-corrected chi connectivity index (χ3v) is 4.64. The van der Waals surface area contributed by atoms with Gasteiger partial charge in [0.1, 0.15) is 11.5 Å². The fourth-order valence-electron chi connectivity index (χ4n) is 3.19. The highest BCUT2D eigenvalue weighted by atomic mass is 16.7. The Morgan fingerprint density at radius 2 is 1.83 bits per heavy atom. The number of aromatic nitrogens is 3. The maximum atomic E-state index is 13.4. The Morgan fingerprint density at radius 3 is 2.57 bits per heavy atom. The van der Waals surface area contributed by atoms with Crippen molar-refractivity contribution in [3.63, 3.8) is 0 Å². The van der Waals surface area contributed by atoms with Gasteiger partial charge < -0.3 is 19.5 Å². The van der Waals surface area contributed by atoms with Crippen molar-refractivity contribution in [1.82, 2.24) is 9.71 Å². The SMILES string of the molecule is COc1ccc(OC)c(-c2c(=O)n(OCc3ccccn3)c3ccccc3[n+]2[O-])c1. The number of hydrogen-bond donors (Lipinski definition) is 0. The first-order valence-corrected chi connectivity index (χ1v) is 9.17. The zero-order valence-corrected chi connectivity index (χ0v) is 16.4. The van der Waals surface area contributed by atoms with Crippen LogP contribution in [0.3, 0.4) is 0 Å². The molecule has 0 aliphatic carbocycles. The Labute approximate surface area is 172 Å². The summed E-state index contributed by atoms with van der Waals surface area (Å²) in [5.74, 6) is 0.850. The predicted molar refractivity (Wildman–Crippen MR) is 110 cm³/mol. The van der Waals surface area contributed by atoms with Gasteiger partial charge in [-0.1, -0.05) is 18.2 Å². The average Bonchev–Trinajstić information content (AvgIpc) is 2.79. The normalized spacial score (nSPS) is 10.7. The van der Waals surface area contributed by atoms with Gasteiger partial charge in [0.2, 0.25) is 5.52 Å². The second-order valence-electron chi connectivity index (χ2n) is 6.39. The van der Waals surface area contributed by atoms with Crippen LogP contribution < -0.4 is 24.6 Å². The van der Waals surface area contributed by atoms with E-state index < -0.39 is 5.56 Å². The Bertz CT molecular complexity index is 1260. The molecule has 8 heteroatoms. The van der Waals surface area contributed by atoms with Crippen LogP contribution in [-0.2, 0) is 6.61 Å². The summed E-state index contributed by atoms with van der Waals surface area (Å²) in [6.07, 6.45) is 1.64. The van der Waals surface area contributed by atoms with Crippen LogP contribution in [0.1, 0.15) is 5.69 Å². The molecular weight excluding hydrogens is 386 g/mol. The quantitative estimate of drug-likeness (QED) is 0.361. The fraction of sp³-hybridized carbons (Fsp3) is 0.136. The first-order valence-electron chi connectivity index (χ1n) is 9.17. The van der Waals surface area contributed by atoms with Gasteiger partial charge in [0.05, 0.1) is 25.5 Å². The van der Waals surface area contributed by atoms with E-state index in [4.69, 9.17) is 14.3 Å². The van der Waals surface area contributed by atoms with Gasteiger partial charge in [-0.2, -0.15) is 4.73 Å². The average molecular weight is 405 g/mol. The summed E-state index contributed by atoms with van der Waals surface area (Å²) in [7, 11) is 2.98. The molecule has 0 radical (unpaired) electrons. The van der Waals surface area contributed by atoms with E-state index >= 15 is 0 Å². The minimum absolute atomic E-state index is 0.0578. The Hall–Kier alpha value is -4.07. The van der Waals surface area contributed by atoms with Gasteiger partial charge in [0.25, 0.3) is 5.69 Å². The van der Waals surface area contributed by atoms with Crippen molar-refractivity contribution >= 4 is 11.0 Å². The number of para-hydroxylation sites is 2. The topological polar surface area (TPSA) is 89.5 Å². The molecule has 0 amide bonds. The zero-order valence-electron chi connectivity index (χ0n) is 16.4. The lowest BCUT2D eigenvalue weighted by Gasteiger charge is -2.15. The number of nitrogens with zero attached hydrogens (tertiary/aromatic N) is 3. The van der Waals surface area contributed by atoms with E-state index in [0.717, 1.165) is 4.73 Å². The molecule has 0 atom stereocenters. The van der Waals surface area contributed by atoms with E-state index in [1.54, 1.807) is 60.8 Å². The fourth-order valence-corrected chi connectivity index (χ4v) is 3.19. The van der Waals surface area contributed by atoms with Crippen molar-refractivity contribution < 1.29 is 19.0 Å². The molecule has 4 rings (SSSR count). The lowest BCUT2D eigenvalue weighted by Crippen LogP contribution is -2.43. The summed E-state index contributed by atoms with van der Waals surface area (Å²) in [5.41, 5.74) is 0.819. The standard InChI is InChI=1S/C22H19N3O5/c1-28-16-10-11-20(29-2)17(13-16)21-22(26)25(30-14-15-7-5-6-12-23-15)19-9-4-3-8-18(19)24(21)27/h3-13H,14H2,1-2H3. The summed E-state index contributed by atoms with van der Waals surface area (Å²) in [4.78, 5) is 23.4. The molecular formula is C22H19N3O5. The van der Waals surface area contributed by atoms with Crippen LogP contribution in [-0.4, -0.2) is 23.9 Å². The second kappa shape index (κ2) is 8.12. The summed E-state index contributed by atoms with van der Waals surface area (Å²) in [6.45, 7) is 0.0578. The van der Waals surface area contributed by atoms with E-state index in [1.165, 1.54) is 14.2 Å². The number of hydrogen-bond acceptors (Lipinski definition) is 6. The minimum atomic E-state index is -0.619. The smallest absolute Gasteiger partial charge is 0.357 e. The Kier molecular flexibility index (Phi) is 5.21. The van der Waals surface area contributed by atoms with Crippen LogP contribution >= 0.6 is 0 Å². The van der Waals surface area contributed by atoms with Crippen LogP contribution in [0.5, 0.6) is 11.5 Å². The first kappa shape index (κ1) is 19.3. The van der Waals surface area contributed by atoms with E-state index in [0.29, 0.717) is 33.0 Å². The maximum Gasteiger partial charge on any atom is 0.357 e. The molecule has 8 nitrogen and oxygen atoms in total. The lowest BCUT2D eigenvalue weighted by atomic mass is 10.1. The largest absolute Gasteiger partial charge is 0.618 e. The zero-order chi connectivity index (χ0) is 21.1. The number of benzene rings is 2. The monoisotopic (exact) mass is 405 g/mol. The Balaban J connectivity index is 1.94. The molecule has 0 saturated heterocycles. The van der Waals surface area contributed by atoms with E-state index in [-0.39, 0.29) is 17.8 Å². The molecule has 30 heavy (non-hydrogen) atoms. The maximum absolute atomic E-state index is 13.4. The van der Waals surface area contributed by atoms with E-state index in [9.17, 15) is 10.0 Å². The molecule has 4 aromatic rings. The van der Waals surface area contributed by atoms with Crippen LogP contribution in [0.2, 0.25) is 0 Å². The van der Waals surface area contributed by atoms with E-state index in [2.05, 4.69) is 4.98 Å². The van der Waals surface area contributed by atoms with Gasteiger partial charge in [-0.15, -0.1) is 4.73 Å². The third-order valence-electron chi connectivity index (χ3n) is 4.64. The molecule has 0 spiro atoms. The highest BCUT2D eigenvalue weighted by Gasteiger charge is 2.26. The molecule has 0 saturated carbocycles. The van der Waals surface area contributed by atoms with Crippen molar-refractivity contribution in [2.24, 2.45) is 0 Å². The second-order valence-corrected chi connectivity index (χ2v) is 6.39. The minimum Gasteiger partial charge on any atom is -0.618 e. The van der Waals surface area contributed by atoms with Gasteiger partial charge in [-0.05, 0) is 36.4 Å². The predicted octanol–water partition coefficient (Wildman–Crippen LogP) is 2.34. The first-order chi connectivity index (χ1) is 14.6. The summed E-state index contributed by atoms with van der Waals surface area (Å²) >= 11 is 0. The molecule has 0 bridgehead atoms. The summed E-state index contributed by atoms with van der Waals surface area (Å²) in [5, 5.41) is 13.2. The van der Waals surface area contributed by atoms with E-state index in [1.807, 2.05) is 6.07 Å². The summed E-state index contributed by atoms with van der Waals surface area (Å²) < 4.78 is 12.4. The molecule has 0 aliphatic rings. The molecule has 2 heterocycles. The van der Waals surface area contributed by atoms with Gasteiger partial charge >= 0.3 is 5.56 Å². The molecule has 0 unspecified atom stereocenters. The highest BCUT2D eigenvalue weighted by Crippen LogP contribution is 2.30. The van der Waals surface area contributed by atoms with Gasteiger partial charge in [-0.25, -0.2) is 0 Å². The molecule has 2 aromatic carbocycles. The van der Waals surface area contributed by atoms with Crippen molar-refractivity contribution in [3.8, 4) is 22.8 Å². The van der Waals surface area contributed by atoms with Crippen molar-refractivity contribution in [3.05, 3.63) is 88.1 Å². The summed E-state index contributed by atoms with van der Waals surface area (Å²) in [6, 6.07) is 17.0. The number of fused-ring (bicyclic) bond motifs is 1. The van der Waals surface area contributed by atoms with Gasteiger partial charge in [0.15, 0.2) is 12.1 Å². The highest BCUT2D eigenvalue weighted by molar-refractivity contribution is 5.75. The lowest BCUT2D eigenvalue weighted by molar-refractivity contribution is -0.566. The Morgan fingerprint density at radius 1 is 1.03 bits per heavy atom. The van der Waals surface area contributed by atoms with Crippen LogP contribution in [0.4, 0.5) is 0 Å². The number of pyridine rings is 1. The number of rotatable bonds is 6. The molecule has 0 aliphatic heterocycles. The van der Waals surface area contributed by atoms with Crippen LogP contribution in [0, 0.1) is 5.21 Å². The van der Waals surface area contributed by atoms with Crippen LogP contribution in [0.15, 0.2) is 71.7 Å². The number of ether oxygens (including phenoxy) is 2. The number of methoxy groups -OCH3 is 2. The molecule has 2 aromatic heterocycles.